The average molecular weight is 267 g/mol. The van der Waals surface area contributed by atoms with Crippen molar-refractivity contribution in [1.82, 2.24) is 20.0 Å². The number of nitrogens with two attached hydrogens (primary N) is 1. The van der Waals surface area contributed by atoms with E-state index in [-0.39, 0.29) is 6.54 Å². The van der Waals surface area contributed by atoms with Gasteiger partial charge in [0.1, 0.15) is 0 Å². The molecule has 0 aliphatic rings. The van der Waals surface area contributed by atoms with Gasteiger partial charge in [0, 0.05) is 18.0 Å². The first kappa shape index (κ1) is 13.1. The molecule has 6 nitrogen and oxygen atoms in total. The van der Waals surface area contributed by atoms with Gasteiger partial charge in [-0.25, -0.2) is 0 Å². The Balaban J connectivity index is 2.02. The van der Waals surface area contributed by atoms with E-state index in [1.165, 1.54) is 17.5 Å². The normalized spacial score (nSPS) is 11.1. The molecule has 0 atom stereocenters. The predicted octanol–water partition coefficient (Wildman–Crippen LogP) is 1.60. The maximum atomic E-state index is 5.42. The summed E-state index contributed by atoms with van der Waals surface area (Å²) in [5.74, 6) is 1.24. The molecule has 2 N–H and O–H groups in total. The smallest absolute Gasteiger partial charge is 0.277 e. The Kier molecular flexibility index (Phi) is 4.38. The summed E-state index contributed by atoms with van der Waals surface area (Å²) >= 11 is 1.51. The Labute approximate surface area is 110 Å². The standard InChI is InChI=1S/C11H17N5OS/c1-3-8-5-9(16(4-2)15-8)7-18-11-14-13-10(6-12)17-11/h5H,3-4,6-7,12H2,1-2H3. The number of hydrogen-bond donors (Lipinski definition) is 1. The largest absolute Gasteiger partial charge is 0.415 e. The fourth-order valence-corrected chi connectivity index (χ4v) is 2.35. The summed E-state index contributed by atoms with van der Waals surface area (Å²) < 4.78 is 7.35. The van der Waals surface area contributed by atoms with Gasteiger partial charge in [0.25, 0.3) is 5.22 Å². The molecule has 0 aromatic carbocycles. The number of rotatable bonds is 6. The molecule has 2 rings (SSSR count). The van der Waals surface area contributed by atoms with Crippen LogP contribution in [0.1, 0.15) is 31.1 Å². The molecular weight excluding hydrogens is 250 g/mol. The van der Waals surface area contributed by atoms with Crippen molar-refractivity contribution in [2.75, 3.05) is 0 Å². The van der Waals surface area contributed by atoms with E-state index in [2.05, 4.69) is 35.2 Å². The highest BCUT2D eigenvalue weighted by atomic mass is 32.2. The molecular formula is C11H17N5OS. The summed E-state index contributed by atoms with van der Waals surface area (Å²) in [5.41, 5.74) is 7.70. The third-order valence-corrected chi connectivity index (χ3v) is 3.39. The van der Waals surface area contributed by atoms with Crippen molar-refractivity contribution in [3.05, 3.63) is 23.3 Å². The summed E-state index contributed by atoms with van der Waals surface area (Å²) in [6, 6.07) is 2.12. The highest BCUT2D eigenvalue weighted by Crippen LogP contribution is 2.22. The minimum absolute atomic E-state index is 0.278. The first-order chi connectivity index (χ1) is 8.76. The summed E-state index contributed by atoms with van der Waals surface area (Å²) in [6.07, 6.45) is 0.947. The lowest BCUT2D eigenvalue weighted by atomic mass is 10.3. The van der Waals surface area contributed by atoms with Crippen LogP contribution in [-0.4, -0.2) is 20.0 Å². The van der Waals surface area contributed by atoms with Crippen molar-refractivity contribution in [2.45, 2.75) is 44.3 Å². The molecule has 0 fully saturated rings. The molecule has 2 aromatic heterocycles. The van der Waals surface area contributed by atoms with Crippen LogP contribution in [0.2, 0.25) is 0 Å². The van der Waals surface area contributed by atoms with Crippen LogP contribution in [-0.2, 0) is 25.3 Å². The SMILES string of the molecule is CCc1cc(CSc2nnc(CN)o2)n(CC)n1. The van der Waals surface area contributed by atoms with Crippen molar-refractivity contribution in [3.8, 4) is 0 Å². The molecule has 0 aliphatic carbocycles. The van der Waals surface area contributed by atoms with E-state index in [1.807, 2.05) is 4.68 Å². The molecule has 0 saturated carbocycles. The van der Waals surface area contributed by atoms with Gasteiger partial charge in [0.2, 0.25) is 5.89 Å². The number of hydrogen-bond acceptors (Lipinski definition) is 6. The Bertz CT molecular complexity index is 507. The van der Waals surface area contributed by atoms with Crippen LogP contribution >= 0.6 is 11.8 Å². The monoisotopic (exact) mass is 267 g/mol. The maximum Gasteiger partial charge on any atom is 0.277 e. The Morgan fingerprint density at radius 1 is 1.39 bits per heavy atom. The van der Waals surface area contributed by atoms with Crippen molar-refractivity contribution in [1.29, 1.82) is 0 Å². The second kappa shape index (κ2) is 6.01. The molecule has 18 heavy (non-hydrogen) atoms. The zero-order valence-corrected chi connectivity index (χ0v) is 11.4. The summed E-state index contributed by atoms with van der Waals surface area (Å²) in [4.78, 5) is 0. The van der Waals surface area contributed by atoms with Crippen molar-refractivity contribution < 1.29 is 4.42 Å². The van der Waals surface area contributed by atoms with Gasteiger partial charge in [-0.2, -0.15) is 5.10 Å². The number of nitrogens with zero attached hydrogens (tertiary/aromatic N) is 4. The predicted molar refractivity (Wildman–Crippen MR) is 69.0 cm³/mol. The van der Waals surface area contributed by atoms with Crippen LogP contribution in [0, 0.1) is 0 Å². The number of thioether (sulfide) groups is 1. The third-order valence-electron chi connectivity index (χ3n) is 2.54. The van der Waals surface area contributed by atoms with Crippen LogP contribution in [0.25, 0.3) is 0 Å². The van der Waals surface area contributed by atoms with Gasteiger partial charge in [-0.1, -0.05) is 18.7 Å². The second-order valence-electron chi connectivity index (χ2n) is 3.75. The fourth-order valence-electron chi connectivity index (χ4n) is 1.59. The van der Waals surface area contributed by atoms with Crippen LogP contribution in [0.5, 0.6) is 0 Å². The van der Waals surface area contributed by atoms with Gasteiger partial charge in [0.05, 0.1) is 12.2 Å². The molecule has 0 aliphatic heterocycles. The van der Waals surface area contributed by atoms with Crippen LogP contribution in [0.15, 0.2) is 15.7 Å². The minimum Gasteiger partial charge on any atom is -0.415 e. The van der Waals surface area contributed by atoms with Gasteiger partial charge < -0.3 is 10.2 Å². The topological polar surface area (TPSA) is 82.8 Å². The summed E-state index contributed by atoms with van der Waals surface area (Å²) in [7, 11) is 0. The summed E-state index contributed by atoms with van der Waals surface area (Å²) in [5, 5.41) is 12.8. The van der Waals surface area contributed by atoms with E-state index >= 15 is 0 Å². The lowest BCUT2D eigenvalue weighted by Crippen LogP contribution is -2.01. The third kappa shape index (κ3) is 2.91. The molecule has 0 radical (unpaired) electrons. The second-order valence-corrected chi connectivity index (χ2v) is 4.68. The number of aromatic nitrogens is 4. The Hall–Kier alpha value is -1.34. The highest BCUT2D eigenvalue weighted by molar-refractivity contribution is 7.98. The van der Waals surface area contributed by atoms with Gasteiger partial charge >= 0.3 is 0 Å². The van der Waals surface area contributed by atoms with E-state index in [0.29, 0.717) is 11.1 Å². The number of aryl methyl sites for hydroxylation is 2. The zero-order chi connectivity index (χ0) is 13.0. The molecule has 0 saturated heterocycles. The van der Waals surface area contributed by atoms with Crippen LogP contribution in [0.3, 0.4) is 0 Å². The van der Waals surface area contributed by atoms with Gasteiger partial charge in [-0.15, -0.1) is 10.2 Å². The highest BCUT2D eigenvalue weighted by Gasteiger charge is 2.09. The molecule has 98 valence electrons. The molecule has 0 amide bonds. The molecule has 0 bridgehead atoms. The molecule has 0 spiro atoms. The zero-order valence-electron chi connectivity index (χ0n) is 10.6. The first-order valence-corrected chi connectivity index (χ1v) is 6.96. The van der Waals surface area contributed by atoms with E-state index in [9.17, 15) is 0 Å². The maximum absolute atomic E-state index is 5.42. The van der Waals surface area contributed by atoms with Crippen molar-refractivity contribution in [2.24, 2.45) is 5.73 Å². The van der Waals surface area contributed by atoms with Gasteiger partial charge in [-0.3, -0.25) is 4.68 Å². The van der Waals surface area contributed by atoms with Gasteiger partial charge in [-0.05, 0) is 19.4 Å². The first-order valence-electron chi connectivity index (χ1n) is 5.97. The van der Waals surface area contributed by atoms with Crippen LogP contribution < -0.4 is 5.73 Å². The van der Waals surface area contributed by atoms with E-state index in [4.69, 9.17) is 10.2 Å². The minimum atomic E-state index is 0.278. The van der Waals surface area contributed by atoms with E-state index in [0.717, 1.165) is 24.4 Å². The Morgan fingerprint density at radius 3 is 2.83 bits per heavy atom. The van der Waals surface area contributed by atoms with E-state index in [1.54, 1.807) is 0 Å². The van der Waals surface area contributed by atoms with Crippen molar-refractivity contribution >= 4 is 11.8 Å². The lowest BCUT2D eigenvalue weighted by molar-refractivity contribution is 0.414. The average Bonchev–Trinajstić information content (AvgIpc) is 3.02. The Morgan fingerprint density at radius 2 is 2.22 bits per heavy atom. The van der Waals surface area contributed by atoms with E-state index < -0.39 is 0 Å². The van der Waals surface area contributed by atoms with Crippen molar-refractivity contribution in [3.63, 3.8) is 0 Å². The molecule has 0 unspecified atom stereocenters. The fraction of sp³-hybridized carbons (Fsp3) is 0.545. The molecule has 2 heterocycles. The molecule has 2 aromatic rings. The van der Waals surface area contributed by atoms with Crippen LogP contribution in [0.4, 0.5) is 0 Å². The lowest BCUT2D eigenvalue weighted by Gasteiger charge is -2.01. The summed E-state index contributed by atoms with van der Waals surface area (Å²) in [6.45, 7) is 5.33. The quantitative estimate of drug-likeness (QED) is 0.800. The molecule has 7 heteroatoms. The van der Waals surface area contributed by atoms with Gasteiger partial charge in [0.15, 0.2) is 0 Å².